The van der Waals surface area contributed by atoms with Crippen LogP contribution in [0.1, 0.15) is 12.0 Å². The third-order valence-corrected chi connectivity index (χ3v) is 2.82. The van der Waals surface area contributed by atoms with Gasteiger partial charge in [0.25, 0.3) is 0 Å². The molecule has 0 radical (unpaired) electrons. The smallest absolute Gasteiger partial charge is 0.161 e. The molecule has 1 aliphatic rings. The van der Waals surface area contributed by atoms with Crippen molar-refractivity contribution in [3.8, 4) is 0 Å². The van der Waals surface area contributed by atoms with Crippen LogP contribution in [0.2, 0.25) is 0 Å². The molecule has 3 nitrogen and oxygen atoms in total. The van der Waals surface area contributed by atoms with E-state index in [1.54, 1.807) is 0 Å². The second kappa shape index (κ2) is 5.99. The molecule has 3 heteroatoms. The highest BCUT2D eigenvalue weighted by Crippen LogP contribution is 2.17. The van der Waals surface area contributed by atoms with Gasteiger partial charge in [-0.25, -0.2) is 0 Å². The summed E-state index contributed by atoms with van der Waals surface area (Å²) in [7, 11) is 0. The highest BCUT2D eigenvalue weighted by atomic mass is 16.7. The van der Waals surface area contributed by atoms with Crippen LogP contribution in [0.3, 0.4) is 0 Å². The Labute approximate surface area is 96.0 Å². The first kappa shape index (κ1) is 11.6. The second-order valence-corrected chi connectivity index (χ2v) is 4.16. The first-order valence-corrected chi connectivity index (χ1v) is 5.76. The highest BCUT2D eigenvalue weighted by molar-refractivity contribution is 5.15. The molecule has 0 atom stereocenters. The van der Waals surface area contributed by atoms with Crippen LogP contribution in [0.25, 0.3) is 0 Å². The minimum absolute atomic E-state index is 0.127. The third kappa shape index (κ3) is 3.30. The van der Waals surface area contributed by atoms with Crippen LogP contribution in [0.15, 0.2) is 30.3 Å². The predicted molar refractivity (Wildman–Crippen MR) is 61.0 cm³/mol. The number of aliphatic hydroxyl groups is 1. The summed E-state index contributed by atoms with van der Waals surface area (Å²) in [5, 5.41) is 8.81. The number of aliphatic hydroxyl groups excluding tert-OH is 1. The van der Waals surface area contributed by atoms with Crippen molar-refractivity contribution in [3.05, 3.63) is 35.9 Å². The molecule has 0 aromatic heterocycles. The molecular formula is C13H18O3. The van der Waals surface area contributed by atoms with Gasteiger partial charge in [-0.05, 0) is 12.0 Å². The normalized spacial score (nSPS) is 25.6. The molecule has 1 saturated heterocycles. The van der Waals surface area contributed by atoms with E-state index in [1.807, 2.05) is 18.2 Å². The van der Waals surface area contributed by atoms with Gasteiger partial charge < -0.3 is 14.6 Å². The van der Waals surface area contributed by atoms with Crippen LogP contribution in [-0.2, 0) is 15.9 Å². The van der Waals surface area contributed by atoms with E-state index in [0.717, 1.165) is 12.8 Å². The van der Waals surface area contributed by atoms with Crippen molar-refractivity contribution in [2.24, 2.45) is 5.92 Å². The fourth-order valence-corrected chi connectivity index (χ4v) is 1.86. The van der Waals surface area contributed by atoms with Gasteiger partial charge in [0.15, 0.2) is 6.29 Å². The van der Waals surface area contributed by atoms with E-state index in [9.17, 15) is 0 Å². The van der Waals surface area contributed by atoms with E-state index in [0.29, 0.717) is 19.1 Å². The molecule has 88 valence electrons. The molecule has 1 heterocycles. The average molecular weight is 222 g/mol. The van der Waals surface area contributed by atoms with Gasteiger partial charge in [0.1, 0.15) is 0 Å². The lowest BCUT2D eigenvalue weighted by molar-refractivity contribution is -0.200. The lowest BCUT2D eigenvalue weighted by Crippen LogP contribution is -2.33. The maximum atomic E-state index is 8.81. The molecule has 2 rings (SSSR count). The maximum absolute atomic E-state index is 8.81. The third-order valence-electron chi connectivity index (χ3n) is 2.82. The molecule has 1 aliphatic heterocycles. The zero-order chi connectivity index (χ0) is 11.2. The molecule has 0 unspecified atom stereocenters. The van der Waals surface area contributed by atoms with Gasteiger partial charge in [-0.15, -0.1) is 0 Å². The van der Waals surface area contributed by atoms with Crippen LogP contribution in [-0.4, -0.2) is 31.2 Å². The molecule has 1 N–H and O–H groups in total. The lowest BCUT2D eigenvalue weighted by Gasteiger charge is -2.29. The fourth-order valence-electron chi connectivity index (χ4n) is 1.86. The van der Waals surface area contributed by atoms with Crippen LogP contribution in [0, 0.1) is 5.92 Å². The number of ether oxygens (including phenoxy) is 2. The quantitative estimate of drug-likeness (QED) is 0.841. The topological polar surface area (TPSA) is 38.7 Å². The first-order valence-electron chi connectivity index (χ1n) is 5.76. The number of benzene rings is 1. The standard InChI is InChI=1S/C13H18O3/c14-7-6-12-9-15-13(16-10-12)8-11-4-2-1-3-5-11/h1-5,12-14H,6-10H2. The molecule has 16 heavy (non-hydrogen) atoms. The van der Waals surface area contributed by atoms with E-state index in [-0.39, 0.29) is 12.9 Å². The van der Waals surface area contributed by atoms with Gasteiger partial charge in [0, 0.05) is 18.9 Å². The van der Waals surface area contributed by atoms with Crippen molar-refractivity contribution in [3.63, 3.8) is 0 Å². The zero-order valence-corrected chi connectivity index (χ0v) is 9.34. The van der Waals surface area contributed by atoms with E-state index >= 15 is 0 Å². The summed E-state index contributed by atoms with van der Waals surface area (Å²) >= 11 is 0. The Morgan fingerprint density at radius 3 is 2.44 bits per heavy atom. The minimum atomic E-state index is -0.127. The van der Waals surface area contributed by atoms with E-state index in [2.05, 4.69) is 12.1 Å². The van der Waals surface area contributed by atoms with Crippen LogP contribution in [0.5, 0.6) is 0 Å². The summed E-state index contributed by atoms with van der Waals surface area (Å²) in [6.07, 6.45) is 1.43. The van der Waals surface area contributed by atoms with E-state index in [4.69, 9.17) is 14.6 Å². The Hall–Kier alpha value is -0.900. The van der Waals surface area contributed by atoms with Crippen LogP contribution < -0.4 is 0 Å². The average Bonchev–Trinajstić information content (AvgIpc) is 2.33. The molecule has 0 amide bonds. The van der Waals surface area contributed by atoms with Crippen molar-refractivity contribution in [1.29, 1.82) is 0 Å². The van der Waals surface area contributed by atoms with Crippen molar-refractivity contribution in [2.45, 2.75) is 19.1 Å². The van der Waals surface area contributed by atoms with Crippen molar-refractivity contribution >= 4 is 0 Å². The van der Waals surface area contributed by atoms with Crippen molar-refractivity contribution in [1.82, 2.24) is 0 Å². The largest absolute Gasteiger partial charge is 0.396 e. The summed E-state index contributed by atoms with van der Waals surface area (Å²) < 4.78 is 11.2. The van der Waals surface area contributed by atoms with Gasteiger partial charge in [0.2, 0.25) is 0 Å². The van der Waals surface area contributed by atoms with Gasteiger partial charge in [0.05, 0.1) is 13.2 Å². The minimum Gasteiger partial charge on any atom is -0.396 e. The highest BCUT2D eigenvalue weighted by Gasteiger charge is 2.21. The van der Waals surface area contributed by atoms with Gasteiger partial charge in [-0.2, -0.15) is 0 Å². The second-order valence-electron chi connectivity index (χ2n) is 4.16. The number of rotatable bonds is 4. The fraction of sp³-hybridized carbons (Fsp3) is 0.538. The summed E-state index contributed by atoms with van der Waals surface area (Å²) in [4.78, 5) is 0. The maximum Gasteiger partial charge on any atom is 0.161 e. The Bertz CT molecular complexity index is 291. The molecule has 0 spiro atoms. The Kier molecular flexibility index (Phi) is 4.34. The lowest BCUT2D eigenvalue weighted by atomic mass is 10.1. The molecule has 1 aromatic rings. The molecule has 0 bridgehead atoms. The molecule has 1 aromatic carbocycles. The van der Waals surface area contributed by atoms with Crippen molar-refractivity contribution in [2.75, 3.05) is 19.8 Å². The first-order chi connectivity index (χ1) is 7.88. The summed E-state index contributed by atoms with van der Waals surface area (Å²) in [5.74, 6) is 0.344. The SMILES string of the molecule is OCCC1COC(Cc2ccccc2)OC1. The summed E-state index contributed by atoms with van der Waals surface area (Å²) in [6, 6.07) is 10.2. The summed E-state index contributed by atoms with van der Waals surface area (Å²) in [6.45, 7) is 1.59. The molecule has 0 saturated carbocycles. The molecule has 0 aliphatic carbocycles. The Morgan fingerprint density at radius 2 is 1.81 bits per heavy atom. The summed E-state index contributed by atoms with van der Waals surface area (Å²) in [5.41, 5.74) is 1.23. The van der Waals surface area contributed by atoms with Gasteiger partial charge in [-0.3, -0.25) is 0 Å². The zero-order valence-electron chi connectivity index (χ0n) is 9.34. The predicted octanol–water partition coefficient (Wildman–Crippen LogP) is 1.60. The van der Waals surface area contributed by atoms with Crippen molar-refractivity contribution < 1.29 is 14.6 Å². The van der Waals surface area contributed by atoms with Gasteiger partial charge >= 0.3 is 0 Å². The molecule has 1 fully saturated rings. The van der Waals surface area contributed by atoms with E-state index in [1.165, 1.54) is 5.56 Å². The number of hydrogen-bond donors (Lipinski definition) is 1. The monoisotopic (exact) mass is 222 g/mol. The van der Waals surface area contributed by atoms with Gasteiger partial charge in [-0.1, -0.05) is 30.3 Å². The Morgan fingerprint density at radius 1 is 1.12 bits per heavy atom. The Balaban J connectivity index is 1.77. The molecular weight excluding hydrogens is 204 g/mol. The van der Waals surface area contributed by atoms with E-state index < -0.39 is 0 Å². The van der Waals surface area contributed by atoms with Crippen LogP contribution >= 0.6 is 0 Å². The number of hydrogen-bond acceptors (Lipinski definition) is 3. The van der Waals surface area contributed by atoms with Crippen LogP contribution in [0.4, 0.5) is 0 Å².